The minimum absolute atomic E-state index is 0.0803. The Hall–Kier alpha value is -0.980. The molecule has 3 N–H and O–H groups in total. The molecule has 1 amide bonds. The van der Waals surface area contributed by atoms with Gasteiger partial charge in [-0.1, -0.05) is 13.8 Å². The van der Waals surface area contributed by atoms with Crippen molar-refractivity contribution in [3.8, 4) is 0 Å². The number of carbonyl (C=O) groups excluding carboxylic acids is 1. The third-order valence-corrected chi connectivity index (χ3v) is 4.37. The van der Waals surface area contributed by atoms with E-state index in [0.717, 1.165) is 37.6 Å². The number of likely N-dealkylation sites (tertiary alicyclic amines) is 1. The molecule has 112 valence electrons. The second kappa shape index (κ2) is 7.15. The van der Waals surface area contributed by atoms with Crippen LogP contribution in [0, 0.1) is 11.8 Å². The highest BCUT2D eigenvalue weighted by Gasteiger charge is 2.23. The predicted octanol–water partition coefficient (Wildman–Crippen LogP) is 1.31. The van der Waals surface area contributed by atoms with Gasteiger partial charge in [-0.2, -0.15) is 0 Å². The molecule has 1 aliphatic heterocycles. The van der Waals surface area contributed by atoms with Gasteiger partial charge in [0.1, 0.15) is 10.7 Å². The smallest absolute Gasteiger partial charge is 0.270 e. The second-order valence-electron chi connectivity index (χ2n) is 5.85. The minimum atomic E-state index is -0.0803. The van der Waals surface area contributed by atoms with Crippen LogP contribution in [0.4, 0.5) is 0 Å². The van der Waals surface area contributed by atoms with E-state index in [1.807, 2.05) is 0 Å². The lowest BCUT2D eigenvalue weighted by atomic mass is 10.1. The number of nitrogens with zero attached hydrogens (tertiary/aromatic N) is 2. The van der Waals surface area contributed by atoms with Crippen LogP contribution in [0.5, 0.6) is 0 Å². The Balaban J connectivity index is 1.74. The number of hydrogen-bond acceptors (Lipinski definition) is 5. The van der Waals surface area contributed by atoms with Gasteiger partial charge in [0, 0.05) is 31.6 Å². The number of hydrogen-bond donors (Lipinski definition) is 2. The van der Waals surface area contributed by atoms with Crippen molar-refractivity contribution in [1.82, 2.24) is 15.2 Å². The van der Waals surface area contributed by atoms with E-state index in [1.165, 1.54) is 11.3 Å². The molecular formula is C14H24N4OS. The van der Waals surface area contributed by atoms with Gasteiger partial charge in [-0.15, -0.1) is 11.3 Å². The van der Waals surface area contributed by atoms with E-state index in [9.17, 15) is 4.79 Å². The van der Waals surface area contributed by atoms with Gasteiger partial charge in [0.2, 0.25) is 0 Å². The summed E-state index contributed by atoms with van der Waals surface area (Å²) in [6.07, 6.45) is 1.16. The second-order valence-corrected chi connectivity index (χ2v) is 6.79. The zero-order valence-electron chi connectivity index (χ0n) is 12.3. The quantitative estimate of drug-likeness (QED) is 0.830. The summed E-state index contributed by atoms with van der Waals surface area (Å²) >= 11 is 1.44. The molecule has 2 rings (SSSR count). The monoisotopic (exact) mass is 296 g/mol. The zero-order chi connectivity index (χ0) is 14.5. The molecule has 1 aromatic rings. The molecule has 6 heteroatoms. The fourth-order valence-corrected chi connectivity index (χ4v) is 3.25. The summed E-state index contributed by atoms with van der Waals surface area (Å²) in [5, 5.41) is 5.57. The maximum atomic E-state index is 12.0. The Morgan fingerprint density at radius 3 is 3.10 bits per heavy atom. The maximum Gasteiger partial charge on any atom is 0.270 e. The molecule has 0 aliphatic carbocycles. The standard InChI is InChI=1S/C14H24N4OS/c1-10(2)7-18-4-3-11(8-18)6-16-14(19)12-9-20-13(5-15)17-12/h9-11H,3-8,15H2,1-2H3,(H,16,19). The van der Waals surface area contributed by atoms with Gasteiger partial charge in [-0.3, -0.25) is 4.79 Å². The SMILES string of the molecule is CC(C)CN1CCC(CNC(=O)c2csc(CN)n2)C1. The molecule has 0 spiro atoms. The third kappa shape index (κ3) is 4.26. The molecule has 1 fully saturated rings. The van der Waals surface area contributed by atoms with E-state index in [-0.39, 0.29) is 5.91 Å². The highest BCUT2D eigenvalue weighted by atomic mass is 32.1. The van der Waals surface area contributed by atoms with Crippen LogP contribution in [0.1, 0.15) is 35.8 Å². The summed E-state index contributed by atoms with van der Waals surface area (Å²) in [6, 6.07) is 0. The van der Waals surface area contributed by atoms with E-state index in [1.54, 1.807) is 5.38 Å². The number of aromatic nitrogens is 1. The zero-order valence-corrected chi connectivity index (χ0v) is 13.1. The van der Waals surface area contributed by atoms with Crippen molar-refractivity contribution in [3.63, 3.8) is 0 Å². The van der Waals surface area contributed by atoms with E-state index in [2.05, 4.69) is 29.0 Å². The average Bonchev–Trinajstić information content (AvgIpc) is 3.04. The van der Waals surface area contributed by atoms with E-state index in [4.69, 9.17) is 5.73 Å². The lowest BCUT2D eigenvalue weighted by Crippen LogP contribution is -2.32. The van der Waals surface area contributed by atoms with Crippen LogP contribution in [0.3, 0.4) is 0 Å². The summed E-state index contributed by atoms with van der Waals surface area (Å²) in [5.41, 5.74) is 6.00. The first-order valence-corrected chi connectivity index (χ1v) is 8.11. The molecule has 0 aromatic carbocycles. The van der Waals surface area contributed by atoms with Gasteiger partial charge in [-0.05, 0) is 24.8 Å². The number of nitrogens with two attached hydrogens (primary N) is 1. The van der Waals surface area contributed by atoms with Gasteiger partial charge in [-0.25, -0.2) is 4.98 Å². The largest absolute Gasteiger partial charge is 0.350 e. The molecule has 0 saturated carbocycles. The lowest BCUT2D eigenvalue weighted by molar-refractivity contribution is 0.0942. The fourth-order valence-electron chi connectivity index (χ4n) is 2.60. The van der Waals surface area contributed by atoms with Crippen LogP contribution in [-0.4, -0.2) is 42.0 Å². The van der Waals surface area contributed by atoms with Gasteiger partial charge in [0.15, 0.2) is 0 Å². The van der Waals surface area contributed by atoms with Crippen molar-refractivity contribution >= 4 is 17.2 Å². The summed E-state index contributed by atoms with van der Waals surface area (Å²) < 4.78 is 0. The van der Waals surface area contributed by atoms with Crippen LogP contribution in [-0.2, 0) is 6.54 Å². The van der Waals surface area contributed by atoms with Crippen LogP contribution in [0.2, 0.25) is 0 Å². The third-order valence-electron chi connectivity index (χ3n) is 3.50. The molecule has 1 aliphatic rings. The Morgan fingerprint density at radius 1 is 1.65 bits per heavy atom. The van der Waals surface area contributed by atoms with E-state index >= 15 is 0 Å². The Kier molecular flexibility index (Phi) is 5.51. The molecule has 2 heterocycles. The van der Waals surface area contributed by atoms with Crippen molar-refractivity contribution in [2.24, 2.45) is 17.6 Å². The molecule has 5 nitrogen and oxygen atoms in total. The molecule has 1 atom stereocenters. The lowest BCUT2D eigenvalue weighted by Gasteiger charge is -2.18. The first kappa shape index (κ1) is 15.4. The van der Waals surface area contributed by atoms with E-state index < -0.39 is 0 Å². The first-order valence-electron chi connectivity index (χ1n) is 7.23. The van der Waals surface area contributed by atoms with Gasteiger partial charge in [0.05, 0.1) is 0 Å². The van der Waals surface area contributed by atoms with Crippen molar-refractivity contribution in [2.75, 3.05) is 26.2 Å². The molecule has 20 heavy (non-hydrogen) atoms. The average molecular weight is 296 g/mol. The summed E-state index contributed by atoms with van der Waals surface area (Å²) in [4.78, 5) is 18.7. The predicted molar refractivity (Wildman–Crippen MR) is 81.7 cm³/mol. The number of nitrogens with one attached hydrogen (secondary N) is 1. The van der Waals surface area contributed by atoms with Crippen LogP contribution in [0.15, 0.2) is 5.38 Å². The number of rotatable bonds is 6. The maximum absolute atomic E-state index is 12.0. The van der Waals surface area contributed by atoms with Crippen LogP contribution >= 0.6 is 11.3 Å². The highest BCUT2D eigenvalue weighted by molar-refractivity contribution is 7.09. The molecule has 1 unspecified atom stereocenters. The topological polar surface area (TPSA) is 71.2 Å². The van der Waals surface area contributed by atoms with Gasteiger partial charge in [0.25, 0.3) is 5.91 Å². The van der Waals surface area contributed by atoms with Crippen LogP contribution in [0.25, 0.3) is 0 Å². The number of thiazole rings is 1. The van der Waals surface area contributed by atoms with Crippen molar-refractivity contribution in [2.45, 2.75) is 26.8 Å². The fraction of sp³-hybridized carbons (Fsp3) is 0.714. The first-order chi connectivity index (χ1) is 9.58. The molecule has 0 radical (unpaired) electrons. The minimum Gasteiger partial charge on any atom is -0.350 e. The highest BCUT2D eigenvalue weighted by Crippen LogP contribution is 2.17. The molecule has 0 bridgehead atoms. The summed E-state index contributed by atoms with van der Waals surface area (Å²) in [7, 11) is 0. The number of carbonyl (C=O) groups is 1. The van der Waals surface area contributed by atoms with Gasteiger partial charge >= 0.3 is 0 Å². The van der Waals surface area contributed by atoms with Crippen LogP contribution < -0.4 is 11.1 Å². The Bertz CT molecular complexity index is 446. The normalized spacial score (nSPS) is 19.7. The van der Waals surface area contributed by atoms with Crippen molar-refractivity contribution in [1.29, 1.82) is 0 Å². The molecule has 1 saturated heterocycles. The number of amides is 1. The van der Waals surface area contributed by atoms with E-state index in [0.29, 0.717) is 24.1 Å². The summed E-state index contributed by atoms with van der Waals surface area (Å²) in [5.74, 6) is 1.18. The van der Waals surface area contributed by atoms with Crippen molar-refractivity contribution < 1.29 is 4.79 Å². The summed E-state index contributed by atoms with van der Waals surface area (Å²) in [6.45, 7) is 9.00. The molecule has 1 aromatic heterocycles. The Labute approximate surface area is 124 Å². The van der Waals surface area contributed by atoms with Crippen molar-refractivity contribution in [3.05, 3.63) is 16.1 Å². The molecular weight excluding hydrogens is 272 g/mol. The Morgan fingerprint density at radius 2 is 2.45 bits per heavy atom. The van der Waals surface area contributed by atoms with Gasteiger partial charge < -0.3 is 16.0 Å².